The van der Waals surface area contributed by atoms with Crippen molar-refractivity contribution in [2.75, 3.05) is 26.2 Å². The zero-order valence-corrected chi connectivity index (χ0v) is 20.8. The first kappa shape index (κ1) is 22.3. The number of aryl methyl sites for hydroxylation is 1. The van der Waals surface area contributed by atoms with Gasteiger partial charge in [0.15, 0.2) is 0 Å². The number of thiophene rings is 1. The van der Waals surface area contributed by atoms with Crippen LogP contribution in [0.4, 0.5) is 0 Å². The van der Waals surface area contributed by atoms with E-state index in [-0.39, 0.29) is 18.4 Å². The van der Waals surface area contributed by atoms with Gasteiger partial charge < -0.3 is 9.80 Å². The van der Waals surface area contributed by atoms with Gasteiger partial charge in [0.25, 0.3) is 0 Å². The largest absolute Gasteiger partial charge is 0.327 e. The lowest BCUT2D eigenvalue weighted by Gasteiger charge is -2.46. The van der Waals surface area contributed by atoms with Crippen LogP contribution >= 0.6 is 11.3 Å². The van der Waals surface area contributed by atoms with E-state index in [1.165, 1.54) is 36.9 Å². The third-order valence-corrected chi connectivity index (χ3v) is 8.74. The van der Waals surface area contributed by atoms with Crippen LogP contribution in [-0.4, -0.2) is 58.7 Å². The van der Waals surface area contributed by atoms with Gasteiger partial charge in [0.1, 0.15) is 12.6 Å². The molecule has 5 nitrogen and oxygen atoms in total. The van der Waals surface area contributed by atoms with Crippen LogP contribution in [0.5, 0.6) is 0 Å². The molecule has 3 aromatic carbocycles. The van der Waals surface area contributed by atoms with Crippen LogP contribution in [0, 0.1) is 0 Å². The quantitative estimate of drug-likeness (QED) is 0.414. The van der Waals surface area contributed by atoms with E-state index >= 15 is 0 Å². The normalized spacial score (nSPS) is 19.1. The summed E-state index contributed by atoms with van der Waals surface area (Å²) in [5, 5.41) is 3.67. The van der Waals surface area contributed by atoms with Crippen molar-refractivity contribution in [1.29, 1.82) is 0 Å². The molecule has 6 rings (SSSR count). The fourth-order valence-electron chi connectivity index (χ4n) is 5.56. The Morgan fingerprint density at radius 1 is 0.914 bits per heavy atom. The van der Waals surface area contributed by atoms with Gasteiger partial charge in [0.2, 0.25) is 11.8 Å². The summed E-state index contributed by atoms with van der Waals surface area (Å²) < 4.78 is 1.25. The molecule has 0 saturated carbocycles. The summed E-state index contributed by atoms with van der Waals surface area (Å²) in [6.07, 6.45) is 0.930. The van der Waals surface area contributed by atoms with Gasteiger partial charge in [0, 0.05) is 42.3 Å². The summed E-state index contributed by atoms with van der Waals surface area (Å²) in [7, 11) is 0. The Labute approximate surface area is 209 Å². The number of hydrogen-bond donors (Lipinski definition) is 0. The maximum atomic E-state index is 13.6. The van der Waals surface area contributed by atoms with E-state index in [1.54, 1.807) is 16.2 Å². The van der Waals surface area contributed by atoms with Crippen LogP contribution in [0.15, 0.2) is 66.7 Å². The molecule has 4 aromatic rings. The number of carbonyl (C=O) groups is 2. The van der Waals surface area contributed by atoms with Crippen molar-refractivity contribution < 1.29 is 9.59 Å². The van der Waals surface area contributed by atoms with E-state index < -0.39 is 6.04 Å². The molecule has 2 fully saturated rings. The molecule has 6 heteroatoms. The lowest BCUT2D eigenvalue weighted by Crippen LogP contribution is -2.66. The minimum Gasteiger partial charge on any atom is -0.327 e. The molecule has 0 N–H and O–H groups in total. The van der Waals surface area contributed by atoms with E-state index in [0.29, 0.717) is 19.6 Å². The Kier molecular flexibility index (Phi) is 5.78. The van der Waals surface area contributed by atoms with Gasteiger partial charge in [-0.2, -0.15) is 0 Å². The fourth-order valence-corrected chi connectivity index (χ4v) is 6.72. The lowest BCUT2D eigenvalue weighted by molar-refractivity contribution is -0.160. The summed E-state index contributed by atoms with van der Waals surface area (Å²) >= 11 is 1.80. The lowest BCUT2D eigenvalue weighted by atomic mass is 10.0. The van der Waals surface area contributed by atoms with Gasteiger partial charge >= 0.3 is 0 Å². The second-order valence-electron chi connectivity index (χ2n) is 9.57. The molecule has 0 spiro atoms. The van der Waals surface area contributed by atoms with E-state index in [9.17, 15) is 9.59 Å². The zero-order chi connectivity index (χ0) is 23.9. The first-order valence-electron chi connectivity index (χ1n) is 12.4. The van der Waals surface area contributed by atoms with Gasteiger partial charge in [0.05, 0.1) is 0 Å². The monoisotopic (exact) mass is 483 g/mol. The average Bonchev–Trinajstić information content (AvgIpc) is 3.24. The molecular weight excluding hydrogens is 454 g/mol. The van der Waals surface area contributed by atoms with Crippen molar-refractivity contribution in [3.63, 3.8) is 0 Å². The predicted molar refractivity (Wildman–Crippen MR) is 141 cm³/mol. The predicted octanol–water partition coefficient (Wildman–Crippen LogP) is 4.67. The highest BCUT2D eigenvalue weighted by Gasteiger charge is 2.42. The number of piperazine rings is 2. The van der Waals surface area contributed by atoms with Crippen molar-refractivity contribution >= 4 is 44.0 Å². The maximum absolute atomic E-state index is 13.6. The Balaban J connectivity index is 1.21. The van der Waals surface area contributed by atoms with Crippen LogP contribution in [0.1, 0.15) is 22.9 Å². The number of nitrogens with zero attached hydrogens (tertiary/aromatic N) is 3. The van der Waals surface area contributed by atoms with Crippen molar-refractivity contribution in [2.24, 2.45) is 0 Å². The van der Waals surface area contributed by atoms with E-state index in [1.807, 2.05) is 4.90 Å². The smallest absolute Gasteiger partial charge is 0.247 e. The summed E-state index contributed by atoms with van der Waals surface area (Å²) in [5.74, 6) is 0.141. The van der Waals surface area contributed by atoms with Crippen molar-refractivity contribution in [3.8, 4) is 0 Å². The van der Waals surface area contributed by atoms with E-state index in [2.05, 4.69) is 78.6 Å². The van der Waals surface area contributed by atoms with Crippen LogP contribution in [0.25, 0.3) is 20.9 Å². The molecule has 3 heterocycles. The highest BCUT2D eigenvalue weighted by Crippen LogP contribution is 2.33. The first-order valence-corrected chi connectivity index (χ1v) is 13.2. The summed E-state index contributed by atoms with van der Waals surface area (Å²) in [4.78, 5) is 33.9. The topological polar surface area (TPSA) is 43.9 Å². The minimum atomic E-state index is -0.402. The molecule has 0 radical (unpaired) electrons. The second kappa shape index (κ2) is 9.10. The molecule has 1 atom stereocenters. The number of carbonyl (C=O) groups excluding carboxylic acids is 2. The molecule has 2 aliphatic rings. The molecule has 0 bridgehead atoms. The number of benzene rings is 3. The molecule has 2 saturated heterocycles. The Bertz CT molecular complexity index is 1430. The number of fused-ring (bicyclic) bond motifs is 3. The van der Waals surface area contributed by atoms with Gasteiger partial charge in [-0.15, -0.1) is 11.3 Å². The van der Waals surface area contributed by atoms with Crippen LogP contribution < -0.4 is 0 Å². The second-order valence-corrected chi connectivity index (χ2v) is 10.7. The van der Waals surface area contributed by atoms with Gasteiger partial charge in [-0.3, -0.25) is 14.5 Å². The SMILES string of the molecule is CCc1sc2ccccc2c1CN1CC(=O)N2CCN(Cc3ccc4ccccc4c3)CC2C1=O. The Morgan fingerprint density at radius 3 is 2.57 bits per heavy atom. The molecule has 2 amide bonds. The molecule has 1 aromatic heterocycles. The minimum absolute atomic E-state index is 0.0672. The third kappa shape index (κ3) is 4.11. The number of amides is 2. The average molecular weight is 484 g/mol. The Hall–Kier alpha value is -3.22. The Morgan fingerprint density at radius 2 is 1.71 bits per heavy atom. The summed E-state index contributed by atoms with van der Waals surface area (Å²) in [5.41, 5.74) is 2.44. The molecule has 1 unspecified atom stereocenters. The maximum Gasteiger partial charge on any atom is 0.247 e. The first-order chi connectivity index (χ1) is 17.1. The molecule has 0 aliphatic carbocycles. The number of hydrogen-bond acceptors (Lipinski definition) is 4. The zero-order valence-electron chi connectivity index (χ0n) is 19.9. The van der Waals surface area contributed by atoms with Crippen molar-refractivity contribution in [2.45, 2.75) is 32.5 Å². The van der Waals surface area contributed by atoms with Gasteiger partial charge in [-0.25, -0.2) is 0 Å². The van der Waals surface area contributed by atoms with Crippen molar-refractivity contribution in [3.05, 3.63) is 82.7 Å². The summed E-state index contributed by atoms with van der Waals surface area (Å²) in [6, 6.07) is 22.9. The fraction of sp³-hybridized carbons (Fsp3) is 0.310. The summed E-state index contributed by atoms with van der Waals surface area (Å²) in [6.45, 7) is 5.60. The molecule has 35 heavy (non-hydrogen) atoms. The van der Waals surface area contributed by atoms with Crippen molar-refractivity contribution in [1.82, 2.24) is 14.7 Å². The van der Waals surface area contributed by atoms with Crippen LogP contribution in [0.3, 0.4) is 0 Å². The molecular formula is C29H29N3O2S. The van der Waals surface area contributed by atoms with Crippen LogP contribution in [0.2, 0.25) is 0 Å². The number of rotatable bonds is 5. The molecule has 2 aliphatic heterocycles. The third-order valence-electron chi connectivity index (χ3n) is 7.38. The standard InChI is InChI=1S/C29H29N3O2S/c1-2-26-24(23-9-5-6-10-27(23)35-26)17-31-19-28(33)32-14-13-30(18-25(32)29(31)34)16-20-11-12-21-7-3-4-8-22(21)15-20/h3-12,15,25H,2,13-14,16-19H2,1H3. The van der Waals surface area contributed by atoms with Crippen LogP contribution in [-0.2, 0) is 29.1 Å². The van der Waals surface area contributed by atoms with Gasteiger partial charge in [-0.05, 0) is 45.8 Å². The highest BCUT2D eigenvalue weighted by atomic mass is 32.1. The van der Waals surface area contributed by atoms with Gasteiger partial charge in [-0.1, -0.05) is 61.5 Å². The van der Waals surface area contributed by atoms with E-state index in [4.69, 9.17) is 0 Å². The highest BCUT2D eigenvalue weighted by molar-refractivity contribution is 7.19. The van der Waals surface area contributed by atoms with E-state index in [0.717, 1.165) is 19.5 Å². The molecule has 178 valence electrons.